The van der Waals surface area contributed by atoms with Crippen molar-refractivity contribution in [1.82, 2.24) is 0 Å². The van der Waals surface area contributed by atoms with E-state index in [0.29, 0.717) is 24.3 Å². The number of amides is 1. The number of anilines is 1. The highest BCUT2D eigenvalue weighted by Gasteiger charge is 2.24. The number of carboxylic acids is 1. The summed E-state index contributed by atoms with van der Waals surface area (Å²) >= 11 is 0. The van der Waals surface area contributed by atoms with Crippen molar-refractivity contribution in [2.75, 3.05) is 18.6 Å². The maximum Gasteiger partial charge on any atom is 0.308 e. The maximum atomic E-state index is 12.4. The lowest BCUT2D eigenvalue weighted by Gasteiger charge is -2.26. The summed E-state index contributed by atoms with van der Waals surface area (Å²) in [6.45, 7) is 5.57. The molecular weight excluding hydrogens is 270 g/mol. The molecule has 0 spiro atoms. The van der Waals surface area contributed by atoms with Crippen LogP contribution in [-0.2, 0) is 9.59 Å². The number of hydrogen-bond donors (Lipinski definition) is 1. The van der Waals surface area contributed by atoms with Crippen LogP contribution >= 0.6 is 0 Å². The Balaban J connectivity index is 3.19. The molecule has 0 bridgehead atoms. The SMILES string of the molecule is CCCC(=O)N(CC(C)C(=O)O)c1cc(C)ccc1OC. The predicted octanol–water partition coefficient (Wildman–Crippen LogP) is 2.86. The van der Waals surface area contributed by atoms with Gasteiger partial charge >= 0.3 is 5.97 Å². The molecule has 0 aromatic heterocycles. The van der Waals surface area contributed by atoms with Gasteiger partial charge in [-0.1, -0.05) is 19.9 Å². The molecule has 0 heterocycles. The molecule has 116 valence electrons. The molecule has 5 heteroatoms. The third kappa shape index (κ3) is 4.48. The van der Waals surface area contributed by atoms with Gasteiger partial charge in [0.2, 0.25) is 5.91 Å². The molecule has 1 aromatic rings. The molecule has 0 radical (unpaired) electrons. The van der Waals surface area contributed by atoms with Crippen LogP contribution in [0.3, 0.4) is 0 Å². The second-order valence-corrected chi connectivity index (χ2v) is 5.17. The Bertz CT molecular complexity index is 513. The lowest BCUT2D eigenvalue weighted by Crippen LogP contribution is -2.37. The standard InChI is InChI=1S/C16H23NO4/c1-5-6-15(18)17(10-12(3)16(19)20)13-9-11(2)7-8-14(13)21-4/h7-9,12H,5-6,10H2,1-4H3,(H,19,20). The van der Waals surface area contributed by atoms with Gasteiger partial charge in [0.15, 0.2) is 0 Å². The summed E-state index contributed by atoms with van der Waals surface area (Å²) in [5, 5.41) is 9.10. The van der Waals surface area contributed by atoms with Crippen LogP contribution in [0.15, 0.2) is 18.2 Å². The smallest absolute Gasteiger partial charge is 0.308 e. The minimum absolute atomic E-state index is 0.0884. The average molecular weight is 293 g/mol. The predicted molar refractivity (Wildman–Crippen MR) is 81.8 cm³/mol. The van der Waals surface area contributed by atoms with Crippen LogP contribution in [0.25, 0.3) is 0 Å². The van der Waals surface area contributed by atoms with E-state index in [1.165, 1.54) is 12.0 Å². The van der Waals surface area contributed by atoms with Crippen LogP contribution in [0.5, 0.6) is 5.75 Å². The largest absolute Gasteiger partial charge is 0.495 e. The number of carbonyl (C=O) groups is 2. The molecular formula is C16H23NO4. The topological polar surface area (TPSA) is 66.8 Å². The van der Waals surface area contributed by atoms with Gasteiger partial charge in [0, 0.05) is 13.0 Å². The molecule has 0 aliphatic rings. The summed E-state index contributed by atoms with van der Waals surface area (Å²) in [6.07, 6.45) is 1.09. The number of hydrogen-bond acceptors (Lipinski definition) is 3. The molecule has 0 saturated carbocycles. The fraction of sp³-hybridized carbons (Fsp3) is 0.500. The molecule has 21 heavy (non-hydrogen) atoms. The third-order valence-corrected chi connectivity index (χ3v) is 3.27. The van der Waals surface area contributed by atoms with Crippen molar-refractivity contribution >= 4 is 17.6 Å². The van der Waals surface area contributed by atoms with Crippen molar-refractivity contribution < 1.29 is 19.4 Å². The van der Waals surface area contributed by atoms with E-state index in [-0.39, 0.29) is 12.5 Å². The number of aliphatic carboxylic acids is 1. The van der Waals surface area contributed by atoms with Crippen molar-refractivity contribution in [2.24, 2.45) is 5.92 Å². The summed E-state index contributed by atoms with van der Waals surface area (Å²) in [6, 6.07) is 5.54. The number of carboxylic acid groups (broad SMARTS) is 1. The number of nitrogens with zero attached hydrogens (tertiary/aromatic N) is 1. The molecule has 1 rings (SSSR count). The van der Waals surface area contributed by atoms with Gasteiger partial charge < -0.3 is 14.7 Å². The normalized spacial score (nSPS) is 11.8. The van der Waals surface area contributed by atoms with Crippen LogP contribution in [0.2, 0.25) is 0 Å². The van der Waals surface area contributed by atoms with E-state index in [9.17, 15) is 9.59 Å². The number of benzene rings is 1. The van der Waals surface area contributed by atoms with E-state index >= 15 is 0 Å². The third-order valence-electron chi connectivity index (χ3n) is 3.27. The van der Waals surface area contributed by atoms with Gasteiger partial charge in [0.05, 0.1) is 18.7 Å². The zero-order chi connectivity index (χ0) is 16.0. The molecule has 5 nitrogen and oxygen atoms in total. The second kappa shape index (κ2) is 7.67. The van der Waals surface area contributed by atoms with Gasteiger partial charge in [-0.2, -0.15) is 0 Å². The van der Waals surface area contributed by atoms with Crippen LogP contribution in [0.4, 0.5) is 5.69 Å². The van der Waals surface area contributed by atoms with Crippen LogP contribution in [0.1, 0.15) is 32.3 Å². The van der Waals surface area contributed by atoms with Crippen molar-refractivity contribution in [3.63, 3.8) is 0 Å². The lowest BCUT2D eigenvalue weighted by atomic mass is 10.1. The first kappa shape index (κ1) is 17.0. The summed E-state index contributed by atoms with van der Waals surface area (Å²) in [5.74, 6) is -1.08. The van der Waals surface area contributed by atoms with Gasteiger partial charge in [-0.3, -0.25) is 9.59 Å². The Morgan fingerprint density at radius 3 is 2.57 bits per heavy atom. The lowest BCUT2D eigenvalue weighted by molar-refractivity contribution is -0.140. The highest BCUT2D eigenvalue weighted by molar-refractivity contribution is 5.95. The molecule has 1 atom stereocenters. The van der Waals surface area contributed by atoms with E-state index in [4.69, 9.17) is 9.84 Å². The molecule has 1 unspecified atom stereocenters. The highest BCUT2D eigenvalue weighted by atomic mass is 16.5. The highest BCUT2D eigenvalue weighted by Crippen LogP contribution is 2.30. The number of carbonyl (C=O) groups excluding carboxylic acids is 1. The fourth-order valence-electron chi connectivity index (χ4n) is 2.05. The van der Waals surface area contributed by atoms with E-state index in [1.54, 1.807) is 13.0 Å². The first-order valence-corrected chi connectivity index (χ1v) is 7.08. The summed E-state index contributed by atoms with van der Waals surface area (Å²) in [5.41, 5.74) is 1.62. The van der Waals surface area contributed by atoms with Crippen molar-refractivity contribution in [3.05, 3.63) is 23.8 Å². The quantitative estimate of drug-likeness (QED) is 0.839. The summed E-state index contributed by atoms with van der Waals surface area (Å²) in [4.78, 5) is 25.0. The molecule has 1 aromatic carbocycles. The number of aryl methyl sites for hydroxylation is 1. The Morgan fingerprint density at radius 1 is 1.38 bits per heavy atom. The number of rotatable bonds is 7. The van der Waals surface area contributed by atoms with E-state index in [0.717, 1.165) is 5.56 Å². The number of ether oxygens (including phenoxy) is 1. The first-order chi connectivity index (χ1) is 9.90. The van der Waals surface area contributed by atoms with Gasteiger partial charge in [-0.05, 0) is 31.0 Å². The zero-order valence-corrected chi connectivity index (χ0v) is 13.0. The Kier molecular flexibility index (Phi) is 6.21. The minimum atomic E-state index is -0.920. The minimum Gasteiger partial charge on any atom is -0.495 e. The Morgan fingerprint density at radius 2 is 2.05 bits per heavy atom. The van der Waals surface area contributed by atoms with E-state index in [2.05, 4.69) is 0 Å². The van der Waals surface area contributed by atoms with Gasteiger partial charge in [-0.25, -0.2) is 0 Å². The first-order valence-electron chi connectivity index (χ1n) is 7.08. The summed E-state index contributed by atoms with van der Waals surface area (Å²) in [7, 11) is 1.54. The maximum absolute atomic E-state index is 12.4. The van der Waals surface area contributed by atoms with Crippen LogP contribution < -0.4 is 9.64 Å². The van der Waals surface area contributed by atoms with Gasteiger partial charge in [-0.15, -0.1) is 0 Å². The van der Waals surface area contributed by atoms with E-state index < -0.39 is 11.9 Å². The van der Waals surface area contributed by atoms with Crippen LogP contribution in [0, 0.1) is 12.8 Å². The summed E-state index contributed by atoms with van der Waals surface area (Å²) < 4.78 is 5.31. The monoisotopic (exact) mass is 293 g/mol. The Labute approximate surface area is 125 Å². The van der Waals surface area contributed by atoms with E-state index in [1.807, 2.05) is 26.0 Å². The average Bonchev–Trinajstić information content (AvgIpc) is 2.44. The van der Waals surface area contributed by atoms with Crippen molar-refractivity contribution in [2.45, 2.75) is 33.6 Å². The van der Waals surface area contributed by atoms with Crippen LogP contribution in [-0.4, -0.2) is 30.6 Å². The zero-order valence-electron chi connectivity index (χ0n) is 13.0. The fourth-order valence-corrected chi connectivity index (χ4v) is 2.05. The van der Waals surface area contributed by atoms with Crippen molar-refractivity contribution in [1.29, 1.82) is 0 Å². The van der Waals surface area contributed by atoms with Gasteiger partial charge in [0.25, 0.3) is 0 Å². The molecule has 1 N–H and O–H groups in total. The molecule has 1 amide bonds. The number of methoxy groups -OCH3 is 1. The molecule has 0 saturated heterocycles. The molecule has 0 fully saturated rings. The Hall–Kier alpha value is -2.04. The second-order valence-electron chi connectivity index (χ2n) is 5.17. The van der Waals surface area contributed by atoms with Gasteiger partial charge in [0.1, 0.15) is 5.75 Å². The molecule has 0 aliphatic heterocycles. The molecule has 0 aliphatic carbocycles. The van der Waals surface area contributed by atoms with Crippen molar-refractivity contribution in [3.8, 4) is 5.75 Å².